The molecule has 8 nitrogen and oxygen atoms in total. The summed E-state index contributed by atoms with van der Waals surface area (Å²) in [5.74, 6) is -0.335. The lowest BCUT2D eigenvalue weighted by Crippen LogP contribution is -2.32. The quantitative estimate of drug-likeness (QED) is 0.437. The summed E-state index contributed by atoms with van der Waals surface area (Å²) in [4.78, 5) is 33.8. The van der Waals surface area contributed by atoms with Crippen LogP contribution in [0.2, 0.25) is 0 Å². The van der Waals surface area contributed by atoms with Gasteiger partial charge in [-0.1, -0.05) is 24.3 Å². The summed E-state index contributed by atoms with van der Waals surface area (Å²) in [6.07, 6.45) is 0.604. The average molecular weight is 425 g/mol. The molecule has 1 N–H and O–H groups in total. The zero-order chi connectivity index (χ0) is 21.1. The van der Waals surface area contributed by atoms with Gasteiger partial charge in [-0.2, -0.15) is 0 Å². The molecule has 154 valence electrons. The highest BCUT2D eigenvalue weighted by Gasteiger charge is 2.24. The van der Waals surface area contributed by atoms with E-state index in [0.29, 0.717) is 29.3 Å². The molecule has 4 rings (SSSR count). The number of nitrogens with one attached hydrogen (secondary N) is 1. The lowest BCUT2D eigenvalue weighted by atomic mass is 10.2. The molecule has 2 aromatic heterocycles. The molecule has 0 bridgehead atoms. The summed E-state index contributed by atoms with van der Waals surface area (Å²) in [7, 11) is 0. The van der Waals surface area contributed by atoms with Gasteiger partial charge in [-0.05, 0) is 43.7 Å². The van der Waals surface area contributed by atoms with Crippen LogP contribution in [0, 0.1) is 0 Å². The largest absolute Gasteiger partial charge is 0.494 e. The van der Waals surface area contributed by atoms with Crippen LogP contribution in [-0.2, 0) is 9.53 Å². The number of oxazole rings is 1. The van der Waals surface area contributed by atoms with E-state index in [4.69, 9.17) is 13.9 Å². The number of rotatable bonds is 7. The SMILES string of the molecule is CCOc1ccc2nc(NC(=O)C(CC)OC(=O)c3cccc4ocnc34)sc2c1. The summed E-state index contributed by atoms with van der Waals surface area (Å²) in [6, 6.07) is 10.5. The maximum absolute atomic E-state index is 12.7. The molecule has 0 saturated carbocycles. The highest BCUT2D eigenvalue weighted by atomic mass is 32.1. The van der Waals surface area contributed by atoms with E-state index < -0.39 is 18.0 Å². The number of hydrogen-bond donors (Lipinski definition) is 1. The van der Waals surface area contributed by atoms with Crippen molar-refractivity contribution >= 4 is 49.7 Å². The molecule has 0 radical (unpaired) electrons. The van der Waals surface area contributed by atoms with Crippen LogP contribution < -0.4 is 10.1 Å². The number of anilines is 1. The zero-order valence-electron chi connectivity index (χ0n) is 16.4. The third-order valence-corrected chi connectivity index (χ3v) is 5.33. The van der Waals surface area contributed by atoms with Crippen LogP contribution in [0.5, 0.6) is 5.75 Å². The molecule has 0 aliphatic carbocycles. The molecule has 2 aromatic carbocycles. The normalized spacial score (nSPS) is 12.1. The number of aromatic nitrogens is 2. The average Bonchev–Trinajstić information content (AvgIpc) is 3.37. The second-order valence-electron chi connectivity index (χ2n) is 6.38. The predicted molar refractivity (Wildman–Crippen MR) is 113 cm³/mol. The lowest BCUT2D eigenvalue weighted by molar-refractivity contribution is -0.124. The summed E-state index contributed by atoms with van der Waals surface area (Å²) < 4.78 is 17.0. The number of benzene rings is 2. The second kappa shape index (κ2) is 8.50. The van der Waals surface area contributed by atoms with Crippen molar-refractivity contribution in [3.63, 3.8) is 0 Å². The van der Waals surface area contributed by atoms with E-state index in [1.54, 1.807) is 25.1 Å². The molecular weight excluding hydrogens is 406 g/mol. The molecular formula is C21H19N3O5S. The molecule has 1 unspecified atom stereocenters. The first-order valence-electron chi connectivity index (χ1n) is 9.46. The Hall–Kier alpha value is -3.46. The number of fused-ring (bicyclic) bond motifs is 2. The van der Waals surface area contributed by atoms with Gasteiger partial charge < -0.3 is 13.9 Å². The van der Waals surface area contributed by atoms with Gasteiger partial charge in [0.15, 0.2) is 23.2 Å². The first-order valence-corrected chi connectivity index (χ1v) is 10.3. The minimum atomic E-state index is -0.967. The van der Waals surface area contributed by atoms with Gasteiger partial charge in [0, 0.05) is 0 Å². The molecule has 1 amide bonds. The molecule has 0 fully saturated rings. The minimum Gasteiger partial charge on any atom is -0.494 e. The summed E-state index contributed by atoms with van der Waals surface area (Å²) >= 11 is 1.33. The van der Waals surface area contributed by atoms with E-state index in [2.05, 4.69) is 15.3 Å². The molecule has 0 aliphatic rings. The van der Waals surface area contributed by atoms with Crippen molar-refractivity contribution in [2.75, 3.05) is 11.9 Å². The molecule has 4 aromatic rings. The van der Waals surface area contributed by atoms with Gasteiger partial charge in [0.1, 0.15) is 11.3 Å². The van der Waals surface area contributed by atoms with E-state index in [0.717, 1.165) is 16.0 Å². The Balaban J connectivity index is 1.48. The van der Waals surface area contributed by atoms with Crippen molar-refractivity contribution < 1.29 is 23.5 Å². The standard InChI is InChI=1S/C21H19N3O5S/c1-3-15(29-20(26)13-6-5-7-16-18(13)22-11-28-16)19(25)24-21-23-14-9-8-12(27-4-2)10-17(14)30-21/h5-11,15H,3-4H2,1-2H3,(H,23,24,25). The number of carbonyl (C=O) groups is 2. The summed E-state index contributed by atoms with van der Waals surface area (Å²) in [5.41, 5.74) is 1.87. The number of nitrogens with zero attached hydrogens (tertiary/aromatic N) is 2. The van der Waals surface area contributed by atoms with Gasteiger partial charge in [0.05, 0.1) is 22.4 Å². The van der Waals surface area contributed by atoms with Crippen molar-refractivity contribution in [2.24, 2.45) is 0 Å². The molecule has 2 heterocycles. The highest BCUT2D eigenvalue weighted by molar-refractivity contribution is 7.22. The first kappa shape index (κ1) is 19.8. The fourth-order valence-corrected chi connectivity index (χ4v) is 3.86. The minimum absolute atomic E-state index is 0.246. The molecule has 0 saturated heterocycles. The van der Waals surface area contributed by atoms with Crippen LogP contribution in [0.25, 0.3) is 21.3 Å². The van der Waals surface area contributed by atoms with Crippen molar-refractivity contribution in [1.82, 2.24) is 9.97 Å². The third-order valence-electron chi connectivity index (χ3n) is 4.39. The number of hydrogen-bond acceptors (Lipinski definition) is 8. The van der Waals surface area contributed by atoms with Crippen LogP contribution in [0.1, 0.15) is 30.6 Å². The monoisotopic (exact) mass is 425 g/mol. The number of esters is 1. The van der Waals surface area contributed by atoms with E-state index in [1.165, 1.54) is 17.7 Å². The number of amides is 1. The number of para-hydroxylation sites is 1. The fourth-order valence-electron chi connectivity index (χ4n) is 2.97. The van der Waals surface area contributed by atoms with Crippen molar-refractivity contribution in [3.05, 3.63) is 48.4 Å². The van der Waals surface area contributed by atoms with Crippen LogP contribution >= 0.6 is 11.3 Å². The van der Waals surface area contributed by atoms with Gasteiger partial charge in [0.25, 0.3) is 5.91 Å². The van der Waals surface area contributed by atoms with Crippen LogP contribution in [0.3, 0.4) is 0 Å². The Morgan fingerprint density at radius 3 is 2.90 bits per heavy atom. The molecule has 30 heavy (non-hydrogen) atoms. The topological polar surface area (TPSA) is 104 Å². The molecule has 1 atom stereocenters. The maximum Gasteiger partial charge on any atom is 0.341 e. The van der Waals surface area contributed by atoms with E-state index in [1.807, 2.05) is 25.1 Å². The van der Waals surface area contributed by atoms with E-state index >= 15 is 0 Å². The summed E-state index contributed by atoms with van der Waals surface area (Å²) in [5, 5.41) is 3.17. The summed E-state index contributed by atoms with van der Waals surface area (Å²) in [6.45, 7) is 4.25. The number of thiazole rings is 1. The molecule has 0 spiro atoms. The van der Waals surface area contributed by atoms with Gasteiger partial charge in [0.2, 0.25) is 0 Å². The Bertz CT molecular complexity index is 1220. The van der Waals surface area contributed by atoms with E-state index in [9.17, 15) is 9.59 Å². The number of ether oxygens (including phenoxy) is 2. The zero-order valence-corrected chi connectivity index (χ0v) is 17.2. The van der Waals surface area contributed by atoms with Crippen LogP contribution in [0.15, 0.2) is 47.2 Å². The van der Waals surface area contributed by atoms with E-state index in [-0.39, 0.29) is 5.56 Å². The second-order valence-corrected chi connectivity index (χ2v) is 7.41. The Morgan fingerprint density at radius 1 is 1.23 bits per heavy atom. The maximum atomic E-state index is 12.7. The Labute approximate surface area is 175 Å². The van der Waals surface area contributed by atoms with Gasteiger partial charge in [-0.3, -0.25) is 10.1 Å². The highest BCUT2D eigenvalue weighted by Crippen LogP contribution is 2.29. The predicted octanol–water partition coefficient (Wildman–Crippen LogP) is 4.41. The number of carbonyl (C=O) groups excluding carboxylic acids is 2. The lowest BCUT2D eigenvalue weighted by Gasteiger charge is -2.15. The first-order chi connectivity index (χ1) is 14.6. The van der Waals surface area contributed by atoms with Gasteiger partial charge in [-0.25, -0.2) is 14.8 Å². The van der Waals surface area contributed by atoms with Crippen molar-refractivity contribution in [3.8, 4) is 5.75 Å². The van der Waals surface area contributed by atoms with Crippen LogP contribution in [0.4, 0.5) is 5.13 Å². The van der Waals surface area contributed by atoms with Crippen LogP contribution in [-0.4, -0.2) is 34.6 Å². The molecule has 0 aliphatic heterocycles. The van der Waals surface area contributed by atoms with Gasteiger partial charge in [-0.15, -0.1) is 0 Å². The van der Waals surface area contributed by atoms with Crippen molar-refractivity contribution in [1.29, 1.82) is 0 Å². The van der Waals surface area contributed by atoms with Gasteiger partial charge >= 0.3 is 5.97 Å². The smallest absolute Gasteiger partial charge is 0.341 e. The fraction of sp³-hybridized carbons (Fsp3) is 0.238. The van der Waals surface area contributed by atoms with Crippen molar-refractivity contribution in [2.45, 2.75) is 26.4 Å². The molecule has 9 heteroatoms. The Morgan fingerprint density at radius 2 is 2.10 bits per heavy atom. The third kappa shape index (κ3) is 3.97. The Kier molecular flexibility index (Phi) is 5.62.